The second-order valence-corrected chi connectivity index (χ2v) is 4.10. The zero-order valence-corrected chi connectivity index (χ0v) is 9.38. The topological polar surface area (TPSA) is 26.3 Å². The van der Waals surface area contributed by atoms with Crippen molar-refractivity contribution in [2.24, 2.45) is 0 Å². The Morgan fingerprint density at radius 2 is 2.19 bits per heavy atom. The summed E-state index contributed by atoms with van der Waals surface area (Å²) in [7, 11) is 1.54. The zero-order chi connectivity index (χ0) is 11.5. The SMILES string of the molecule is COc1csc(C(=O)c2cccc(F)c2)c1. The molecule has 0 N–H and O–H groups in total. The monoisotopic (exact) mass is 236 g/mol. The highest BCUT2D eigenvalue weighted by atomic mass is 32.1. The molecule has 1 aromatic carbocycles. The van der Waals surface area contributed by atoms with Crippen LogP contribution in [0, 0.1) is 5.82 Å². The van der Waals surface area contributed by atoms with Gasteiger partial charge in [0.1, 0.15) is 11.6 Å². The van der Waals surface area contributed by atoms with Crippen LogP contribution in [0.4, 0.5) is 4.39 Å². The Morgan fingerprint density at radius 1 is 1.38 bits per heavy atom. The van der Waals surface area contributed by atoms with Gasteiger partial charge in [0.25, 0.3) is 0 Å². The molecule has 0 radical (unpaired) electrons. The fourth-order valence-corrected chi connectivity index (χ4v) is 2.13. The molecule has 0 amide bonds. The van der Waals surface area contributed by atoms with Crippen LogP contribution in [0.15, 0.2) is 35.7 Å². The van der Waals surface area contributed by atoms with Crippen LogP contribution in [0.2, 0.25) is 0 Å². The molecule has 1 aromatic heterocycles. The van der Waals surface area contributed by atoms with Crippen LogP contribution in [0.5, 0.6) is 5.75 Å². The van der Waals surface area contributed by atoms with Crippen molar-refractivity contribution in [3.05, 3.63) is 52.0 Å². The number of rotatable bonds is 3. The lowest BCUT2D eigenvalue weighted by Crippen LogP contribution is -1.98. The summed E-state index contributed by atoms with van der Waals surface area (Å²) < 4.78 is 17.9. The van der Waals surface area contributed by atoms with Crippen molar-refractivity contribution in [3.63, 3.8) is 0 Å². The Labute approximate surface area is 96.3 Å². The Kier molecular flexibility index (Phi) is 3.01. The minimum absolute atomic E-state index is 0.187. The van der Waals surface area contributed by atoms with Gasteiger partial charge in [-0.3, -0.25) is 4.79 Å². The van der Waals surface area contributed by atoms with Gasteiger partial charge >= 0.3 is 0 Å². The normalized spacial score (nSPS) is 10.1. The lowest BCUT2D eigenvalue weighted by molar-refractivity contribution is 0.104. The van der Waals surface area contributed by atoms with Crippen molar-refractivity contribution in [2.75, 3.05) is 7.11 Å². The molecule has 2 aromatic rings. The van der Waals surface area contributed by atoms with Gasteiger partial charge in [-0.05, 0) is 12.1 Å². The van der Waals surface area contributed by atoms with Gasteiger partial charge in [-0.25, -0.2) is 4.39 Å². The lowest BCUT2D eigenvalue weighted by atomic mass is 10.1. The summed E-state index contributed by atoms with van der Waals surface area (Å²) in [5.74, 6) is 0.0481. The molecule has 0 saturated heterocycles. The summed E-state index contributed by atoms with van der Waals surface area (Å²) in [4.78, 5) is 12.5. The van der Waals surface area contributed by atoms with E-state index in [1.165, 1.54) is 29.5 Å². The molecule has 0 aliphatic rings. The summed E-state index contributed by atoms with van der Waals surface area (Å²) in [6.45, 7) is 0. The first-order valence-corrected chi connectivity index (χ1v) is 5.51. The Bertz CT molecular complexity index is 519. The van der Waals surface area contributed by atoms with Crippen LogP contribution < -0.4 is 4.74 Å². The third-order valence-corrected chi connectivity index (χ3v) is 3.03. The maximum absolute atomic E-state index is 12.9. The molecule has 0 aliphatic carbocycles. The first kappa shape index (κ1) is 10.8. The van der Waals surface area contributed by atoms with Gasteiger partial charge in [0, 0.05) is 17.0 Å². The van der Waals surface area contributed by atoms with Crippen molar-refractivity contribution in [1.29, 1.82) is 0 Å². The van der Waals surface area contributed by atoms with E-state index >= 15 is 0 Å². The number of hydrogen-bond acceptors (Lipinski definition) is 3. The van der Waals surface area contributed by atoms with E-state index in [4.69, 9.17) is 4.74 Å². The third kappa shape index (κ3) is 2.12. The van der Waals surface area contributed by atoms with Crippen LogP contribution in [0.1, 0.15) is 15.2 Å². The van der Waals surface area contributed by atoms with E-state index in [1.54, 1.807) is 24.6 Å². The molecule has 0 aliphatic heterocycles. The second kappa shape index (κ2) is 4.45. The maximum atomic E-state index is 12.9. The number of ketones is 1. The minimum atomic E-state index is -0.408. The molecule has 2 rings (SSSR count). The van der Waals surface area contributed by atoms with Crippen molar-refractivity contribution in [3.8, 4) is 5.75 Å². The largest absolute Gasteiger partial charge is 0.496 e. The standard InChI is InChI=1S/C12H9FO2S/c1-15-10-6-11(16-7-10)12(14)8-3-2-4-9(13)5-8/h2-7H,1H3. The summed E-state index contributed by atoms with van der Waals surface area (Å²) >= 11 is 1.29. The maximum Gasteiger partial charge on any atom is 0.203 e. The highest BCUT2D eigenvalue weighted by Gasteiger charge is 2.12. The van der Waals surface area contributed by atoms with E-state index in [1.807, 2.05) is 0 Å². The number of halogens is 1. The molecule has 2 nitrogen and oxygen atoms in total. The summed E-state index contributed by atoms with van der Waals surface area (Å²) in [5, 5.41) is 1.74. The van der Waals surface area contributed by atoms with E-state index < -0.39 is 5.82 Å². The molecular weight excluding hydrogens is 227 g/mol. The fraction of sp³-hybridized carbons (Fsp3) is 0.0833. The van der Waals surface area contributed by atoms with Gasteiger partial charge in [0.05, 0.1) is 12.0 Å². The minimum Gasteiger partial charge on any atom is -0.496 e. The van der Waals surface area contributed by atoms with Gasteiger partial charge in [-0.2, -0.15) is 0 Å². The number of carbonyl (C=O) groups is 1. The Balaban J connectivity index is 2.31. The highest BCUT2D eigenvalue weighted by Crippen LogP contribution is 2.23. The zero-order valence-electron chi connectivity index (χ0n) is 8.57. The van der Waals surface area contributed by atoms with Gasteiger partial charge in [0.2, 0.25) is 5.78 Å². The summed E-state index contributed by atoms with van der Waals surface area (Å²) in [6, 6.07) is 7.31. The molecular formula is C12H9FO2S. The number of thiophene rings is 1. The first-order chi connectivity index (χ1) is 7.70. The predicted octanol–water partition coefficient (Wildman–Crippen LogP) is 3.13. The Hall–Kier alpha value is -1.68. The number of methoxy groups -OCH3 is 1. The molecule has 4 heteroatoms. The number of benzene rings is 1. The molecule has 0 unspecified atom stereocenters. The Morgan fingerprint density at radius 3 is 2.81 bits per heavy atom. The second-order valence-electron chi connectivity index (χ2n) is 3.19. The van der Waals surface area contributed by atoms with E-state index in [0.717, 1.165) is 0 Å². The molecule has 16 heavy (non-hydrogen) atoms. The van der Waals surface area contributed by atoms with Gasteiger partial charge in [0.15, 0.2) is 0 Å². The third-order valence-electron chi connectivity index (χ3n) is 2.12. The van der Waals surface area contributed by atoms with Crippen molar-refractivity contribution in [2.45, 2.75) is 0 Å². The molecule has 0 bridgehead atoms. The van der Waals surface area contributed by atoms with E-state index in [9.17, 15) is 9.18 Å². The van der Waals surface area contributed by atoms with Crippen molar-refractivity contribution < 1.29 is 13.9 Å². The van der Waals surface area contributed by atoms with Gasteiger partial charge < -0.3 is 4.74 Å². The van der Waals surface area contributed by atoms with Crippen LogP contribution >= 0.6 is 11.3 Å². The van der Waals surface area contributed by atoms with E-state index in [-0.39, 0.29) is 5.78 Å². The summed E-state index contributed by atoms with van der Waals surface area (Å²) in [6.07, 6.45) is 0. The predicted molar refractivity (Wildman–Crippen MR) is 60.7 cm³/mol. The number of carbonyl (C=O) groups excluding carboxylic acids is 1. The molecule has 0 spiro atoms. The average molecular weight is 236 g/mol. The van der Waals surface area contributed by atoms with Crippen LogP contribution in [-0.2, 0) is 0 Å². The van der Waals surface area contributed by atoms with E-state index in [2.05, 4.69) is 0 Å². The van der Waals surface area contributed by atoms with Gasteiger partial charge in [-0.1, -0.05) is 12.1 Å². The molecule has 0 saturated carbocycles. The quantitative estimate of drug-likeness (QED) is 0.765. The first-order valence-electron chi connectivity index (χ1n) is 4.63. The van der Waals surface area contributed by atoms with E-state index in [0.29, 0.717) is 16.2 Å². The molecule has 0 fully saturated rings. The molecule has 0 atom stereocenters. The van der Waals surface area contributed by atoms with Crippen molar-refractivity contribution in [1.82, 2.24) is 0 Å². The summed E-state index contributed by atoms with van der Waals surface area (Å²) in [5.41, 5.74) is 0.351. The van der Waals surface area contributed by atoms with Crippen molar-refractivity contribution >= 4 is 17.1 Å². The molecule has 82 valence electrons. The van der Waals surface area contributed by atoms with Gasteiger partial charge in [-0.15, -0.1) is 11.3 Å². The van der Waals surface area contributed by atoms with Crippen LogP contribution in [0.25, 0.3) is 0 Å². The van der Waals surface area contributed by atoms with Crippen LogP contribution in [-0.4, -0.2) is 12.9 Å². The highest BCUT2D eigenvalue weighted by molar-refractivity contribution is 7.12. The fourth-order valence-electron chi connectivity index (χ4n) is 1.32. The number of hydrogen-bond donors (Lipinski definition) is 0. The average Bonchev–Trinajstić information content (AvgIpc) is 2.76. The lowest BCUT2D eigenvalue weighted by Gasteiger charge is -1.97. The van der Waals surface area contributed by atoms with Crippen LogP contribution in [0.3, 0.4) is 0 Å². The smallest absolute Gasteiger partial charge is 0.203 e. The number of ether oxygens (including phenoxy) is 1. The molecule has 1 heterocycles.